The van der Waals surface area contributed by atoms with Crippen molar-refractivity contribution in [3.05, 3.63) is 35.7 Å². The molecule has 1 aromatic carbocycles. The van der Waals surface area contributed by atoms with Gasteiger partial charge in [-0.15, -0.1) is 0 Å². The molecule has 2 atom stereocenters. The first-order valence-corrected chi connectivity index (χ1v) is 8.04. The fourth-order valence-electron chi connectivity index (χ4n) is 3.27. The van der Waals surface area contributed by atoms with Gasteiger partial charge >= 0.3 is 5.97 Å². The molecule has 0 amide bonds. The molecule has 25 heavy (non-hydrogen) atoms. The van der Waals surface area contributed by atoms with Crippen LogP contribution in [0.4, 0.5) is 5.95 Å². The first-order valence-electron chi connectivity index (χ1n) is 8.04. The van der Waals surface area contributed by atoms with E-state index in [1.54, 1.807) is 37.1 Å². The molecule has 0 bridgehead atoms. The molecule has 8 nitrogen and oxygen atoms in total. The van der Waals surface area contributed by atoms with Crippen molar-refractivity contribution < 1.29 is 24.3 Å². The van der Waals surface area contributed by atoms with Gasteiger partial charge < -0.3 is 24.4 Å². The number of carboxylic acid groups (broad SMARTS) is 1. The molecule has 0 unspecified atom stereocenters. The number of carbonyl (C=O) groups is 1. The van der Waals surface area contributed by atoms with Gasteiger partial charge in [-0.25, -0.2) is 0 Å². The summed E-state index contributed by atoms with van der Waals surface area (Å²) in [5, 5.41) is 24.3. The highest BCUT2D eigenvalue weighted by Gasteiger charge is 2.50. The van der Waals surface area contributed by atoms with Crippen LogP contribution < -0.4 is 9.64 Å². The minimum absolute atomic E-state index is 0.0969. The molecular weight excluding hydrogens is 326 g/mol. The van der Waals surface area contributed by atoms with Crippen LogP contribution in [0.5, 0.6) is 5.75 Å². The number of benzene rings is 1. The van der Waals surface area contributed by atoms with Crippen molar-refractivity contribution >= 4 is 11.9 Å². The topological polar surface area (TPSA) is 109 Å². The lowest BCUT2D eigenvalue weighted by Crippen LogP contribution is -2.57. The molecule has 2 N–H and O–H groups in total. The zero-order chi connectivity index (χ0) is 18.0. The maximum atomic E-state index is 12.1. The molecular formula is C17H21N3O5. The SMILES string of the molecule is COc1cccc(C[C@@]2(C(=O)O)CN(c3noc(C)n3)CC[C@@H]2O)c1. The Labute approximate surface area is 145 Å². The molecule has 1 aliphatic rings. The monoisotopic (exact) mass is 347 g/mol. The van der Waals surface area contributed by atoms with Crippen LogP contribution >= 0.6 is 0 Å². The highest BCUT2D eigenvalue weighted by molar-refractivity contribution is 5.77. The predicted octanol–water partition coefficient (Wildman–Crippen LogP) is 1.27. The average Bonchev–Trinajstić information content (AvgIpc) is 3.03. The van der Waals surface area contributed by atoms with Crippen molar-refractivity contribution in [2.45, 2.75) is 25.9 Å². The van der Waals surface area contributed by atoms with E-state index < -0.39 is 17.5 Å². The lowest BCUT2D eigenvalue weighted by Gasteiger charge is -2.43. The Morgan fingerprint density at radius 2 is 2.32 bits per heavy atom. The quantitative estimate of drug-likeness (QED) is 0.832. The van der Waals surface area contributed by atoms with Gasteiger partial charge in [0, 0.05) is 20.0 Å². The van der Waals surface area contributed by atoms with E-state index in [-0.39, 0.29) is 13.0 Å². The molecule has 1 saturated heterocycles. The van der Waals surface area contributed by atoms with E-state index in [1.165, 1.54) is 0 Å². The van der Waals surface area contributed by atoms with E-state index in [4.69, 9.17) is 9.26 Å². The smallest absolute Gasteiger partial charge is 0.314 e. The van der Waals surface area contributed by atoms with Gasteiger partial charge in [0.2, 0.25) is 5.89 Å². The summed E-state index contributed by atoms with van der Waals surface area (Å²) < 4.78 is 10.2. The maximum Gasteiger partial charge on any atom is 0.314 e. The fraction of sp³-hybridized carbons (Fsp3) is 0.471. The number of anilines is 1. The Hall–Kier alpha value is -2.61. The zero-order valence-corrected chi connectivity index (χ0v) is 14.2. The van der Waals surface area contributed by atoms with Crippen LogP contribution in [-0.4, -0.2) is 52.6 Å². The Morgan fingerprint density at radius 3 is 2.96 bits per heavy atom. The molecule has 0 spiro atoms. The Balaban J connectivity index is 1.91. The minimum Gasteiger partial charge on any atom is -0.497 e. The van der Waals surface area contributed by atoms with Crippen LogP contribution in [0, 0.1) is 12.3 Å². The van der Waals surface area contributed by atoms with Gasteiger partial charge in [0.05, 0.1) is 13.2 Å². The van der Waals surface area contributed by atoms with Crippen LogP contribution in [0.15, 0.2) is 28.8 Å². The van der Waals surface area contributed by atoms with Gasteiger partial charge in [-0.05, 0) is 35.7 Å². The van der Waals surface area contributed by atoms with E-state index in [0.29, 0.717) is 30.6 Å². The number of aliphatic hydroxyl groups is 1. The number of hydrogen-bond donors (Lipinski definition) is 2. The number of aliphatic hydroxyl groups excluding tert-OH is 1. The third-order valence-electron chi connectivity index (χ3n) is 4.66. The molecule has 8 heteroatoms. The highest BCUT2D eigenvalue weighted by Crippen LogP contribution is 2.36. The van der Waals surface area contributed by atoms with Gasteiger partial charge in [0.15, 0.2) is 0 Å². The second-order valence-corrected chi connectivity index (χ2v) is 6.33. The molecule has 134 valence electrons. The maximum absolute atomic E-state index is 12.1. The highest BCUT2D eigenvalue weighted by atomic mass is 16.5. The lowest BCUT2D eigenvalue weighted by atomic mass is 9.73. The van der Waals surface area contributed by atoms with Gasteiger partial charge in [-0.1, -0.05) is 12.1 Å². The summed E-state index contributed by atoms with van der Waals surface area (Å²) >= 11 is 0. The predicted molar refractivity (Wildman–Crippen MR) is 88.6 cm³/mol. The van der Waals surface area contributed by atoms with Gasteiger partial charge in [-0.3, -0.25) is 4.79 Å². The number of methoxy groups -OCH3 is 1. The molecule has 1 aliphatic heterocycles. The second-order valence-electron chi connectivity index (χ2n) is 6.33. The number of hydrogen-bond acceptors (Lipinski definition) is 7. The molecule has 0 radical (unpaired) electrons. The molecule has 3 rings (SSSR count). The van der Waals surface area contributed by atoms with E-state index in [9.17, 15) is 15.0 Å². The van der Waals surface area contributed by atoms with Gasteiger partial charge in [-0.2, -0.15) is 4.98 Å². The number of piperidine rings is 1. The zero-order valence-electron chi connectivity index (χ0n) is 14.2. The largest absolute Gasteiger partial charge is 0.497 e. The van der Waals surface area contributed by atoms with Crippen molar-refractivity contribution in [2.75, 3.05) is 25.1 Å². The summed E-state index contributed by atoms with van der Waals surface area (Å²) in [5.74, 6) is 0.359. The van der Waals surface area contributed by atoms with Crippen molar-refractivity contribution in [2.24, 2.45) is 5.41 Å². The van der Waals surface area contributed by atoms with Crippen LogP contribution in [0.25, 0.3) is 0 Å². The van der Waals surface area contributed by atoms with E-state index in [1.807, 2.05) is 6.07 Å². The van der Waals surface area contributed by atoms with Crippen molar-refractivity contribution in [1.29, 1.82) is 0 Å². The molecule has 0 saturated carbocycles. The number of aryl methyl sites for hydroxylation is 1. The number of aliphatic carboxylic acids is 1. The number of rotatable bonds is 5. The standard InChI is InChI=1S/C17H21N3O5/c1-11-18-16(19-25-11)20-7-6-14(21)17(10-20,15(22)23)9-12-4-3-5-13(8-12)24-2/h3-5,8,14,21H,6-7,9-10H2,1-2H3,(H,22,23)/t14-,17+/m0/s1. The van der Waals surface area contributed by atoms with Crippen LogP contribution in [0.1, 0.15) is 17.9 Å². The summed E-state index contributed by atoms with van der Waals surface area (Å²) in [6, 6.07) is 7.22. The number of nitrogens with zero attached hydrogens (tertiary/aromatic N) is 3. The van der Waals surface area contributed by atoms with E-state index in [0.717, 1.165) is 5.56 Å². The minimum atomic E-state index is -1.36. The number of carboxylic acids is 1. The number of ether oxygens (including phenoxy) is 1. The summed E-state index contributed by atoms with van der Waals surface area (Å²) in [6.07, 6.45) is -0.488. The Morgan fingerprint density at radius 1 is 1.52 bits per heavy atom. The summed E-state index contributed by atoms with van der Waals surface area (Å²) in [4.78, 5) is 18.1. The Bertz CT molecular complexity index is 762. The lowest BCUT2D eigenvalue weighted by molar-refractivity contribution is -0.157. The average molecular weight is 347 g/mol. The summed E-state index contributed by atoms with van der Waals surface area (Å²) in [7, 11) is 1.56. The molecule has 2 aromatic rings. The summed E-state index contributed by atoms with van der Waals surface area (Å²) in [6.45, 7) is 2.24. The number of aromatic nitrogens is 2. The molecule has 1 aromatic heterocycles. The van der Waals surface area contributed by atoms with Crippen molar-refractivity contribution in [1.82, 2.24) is 10.1 Å². The van der Waals surface area contributed by atoms with Crippen LogP contribution in [0.2, 0.25) is 0 Å². The van der Waals surface area contributed by atoms with Gasteiger partial charge in [0.1, 0.15) is 11.2 Å². The molecule has 1 fully saturated rings. The first-order chi connectivity index (χ1) is 11.9. The second kappa shape index (κ2) is 6.72. The Kier molecular flexibility index (Phi) is 4.63. The van der Waals surface area contributed by atoms with Crippen LogP contribution in [-0.2, 0) is 11.2 Å². The van der Waals surface area contributed by atoms with E-state index >= 15 is 0 Å². The first kappa shape index (κ1) is 17.2. The third-order valence-corrected chi connectivity index (χ3v) is 4.66. The summed E-state index contributed by atoms with van der Waals surface area (Å²) in [5.41, 5.74) is -0.578. The third kappa shape index (κ3) is 3.30. The van der Waals surface area contributed by atoms with Crippen LogP contribution in [0.3, 0.4) is 0 Å². The van der Waals surface area contributed by atoms with E-state index in [2.05, 4.69) is 10.1 Å². The normalized spacial score (nSPS) is 23.5. The van der Waals surface area contributed by atoms with Crippen molar-refractivity contribution in [3.8, 4) is 5.75 Å². The van der Waals surface area contributed by atoms with Gasteiger partial charge in [0.25, 0.3) is 5.95 Å². The molecule has 0 aliphatic carbocycles. The van der Waals surface area contributed by atoms with Crippen molar-refractivity contribution in [3.63, 3.8) is 0 Å². The molecule has 2 heterocycles. The fourth-order valence-corrected chi connectivity index (χ4v) is 3.27.